The highest BCUT2D eigenvalue weighted by molar-refractivity contribution is 5.86. The standard InChI is InChI=1S/C15H19F2NO4/c1-3-4-5-13(15(20)21)18-14(19)9(2)22-10-6-7-11(16)12(17)8-10/h6-9,13H,3-5H2,1-2H3,(H,18,19)(H,20,21). The van der Waals surface area contributed by atoms with Crippen molar-refractivity contribution >= 4 is 11.9 Å². The van der Waals surface area contributed by atoms with Crippen LogP contribution in [0.25, 0.3) is 0 Å². The number of carboxylic acid groups (broad SMARTS) is 1. The van der Waals surface area contributed by atoms with Crippen molar-refractivity contribution in [3.63, 3.8) is 0 Å². The molecule has 0 spiro atoms. The van der Waals surface area contributed by atoms with Gasteiger partial charge in [0.25, 0.3) is 5.91 Å². The Hall–Kier alpha value is -2.18. The summed E-state index contributed by atoms with van der Waals surface area (Å²) >= 11 is 0. The minimum absolute atomic E-state index is 0.0121. The zero-order valence-corrected chi connectivity index (χ0v) is 12.4. The summed E-state index contributed by atoms with van der Waals surface area (Å²) in [4.78, 5) is 23.0. The van der Waals surface area contributed by atoms with E-state index in [9.17, 15) is 18.4 Å². The second-order valence-corrected chi connectivity index (χ2v) is 4.88. The van der Waals surface area contributed by atoms with Gasteiger partial charge in [0.05, 0.1) is 0 Å². The Labute approximate surface area is 127 Å². The summed E-state index contributed by atoms with van der Waals surface area (Å²) in [6.07, 6.45) is 0.749. The fraction of sp³-hybridized carbons (Fsp3) is 0.467. The average Bonchev–Trinajstić information content (AvgIpc) is 2.46. The first-order chi connectivity index (χ1) is 10.3. The van der Waals surface area contributed by atoms with Gasteiger partial charge in [-0.3, -0.25) is 4.79 Å². The molecule has 1 aromatic carbocycles. The monoisotopic (exact) mass is 315 g/mol. The molecule has 2 unspecified atom stereocenters. The number of nitrogens with one attached hydrogen (secondary N) is 1. The summed E-state index contributed by atoms with van der Waals surface area (Å²) in [5.41, 5.74) is 0. The van der Waals surface area contributed by atoms with Crippen LogP contribution in [-0.4, -0.2) is 29.1 Å². The smallest absolute Gasteiger partial charge is 0.326 e. The van der Waals surface area contributed by atoms with Crippen LogP contribution >= 0.6 is 0 Å². The van der Waals surface area contributed by atoms with Crippen molar-refractivity contribution in [3.05, 3.63) is 29.8 Å². The van der Waals surface area contributed by atoms with E-state index < -0.39 is 35.7 Å². The van der Waals surface area contributed by atoms with E-state index in [0.717, 1.165) is 18.6 Å². The van der Waals surface area contributed by atoms with Gasteiger partial charge in [0.15, 0.2) is 17.7 Å². The predicted octanol–water partition coefficient (Wildman–Crippen LogP) is 2.49. The lowest BCUT2D eigenvalue weighted by Gasteiger charge is -2.18. The SMILES string of the molecule is CCCCC(NC(=O)C(C)Oc1ccc(F)c(F)c1)C(=O)O. The first-order valence-electron chi connectivity index (χ1n) is 7.00. The zero-order valence-electron chi connectivity index (χ0n) is 12.4. The van der Waals surface area contributed by atoms with Gasteiger partial charge in [0.1, 0.15) is 11.8 Å². The zero-order chi connectivity index (χ0) is 16.7. The molecule has 0 saturated carbocycles. The van der Waals surface area contributed by atoms with Gasteiger partial charge in [-0.1, -0.05) is 19.8 Å². The molecule has 0 fully saturated rings. The number of rotatable bonds is 8. The molecule has 0 aliphatic carbocycles. The van der Waals surface area contributed by atoms with E-state index in [2.05, 4.69) is 5.32 Å². The summed E-state index contributed by atoms with van der Waals surface area (Å²) in [5.74, 6) is -3.87. The van der Waals surface area contributed by atoms with Crippen LogP contribution in [0.15, 0.2) is 18.2 Å². The lowest BCUT2D eigenvalue weighted by atomic mass is 10.1. The van der Waals surface area contributed by atoms with Gasteiger partial charge in [0, 0.05) is 6.07 Å². The molecule has 0 bridgehead atoms. The maximum Gasteiger partial charge on any atom is 0.326 e. The van der Waals surface area contributed by atoms with E-state index in [0.29, 0.717) is 12.8 Å². The molecule has 2 N–H and O–H groups in total. The van der Waals surface area contributed by atoms with Crippen LogP contribution in [0.1, 0.15) is 33.1 Å². The molecule has 5 nitrogen and oxygen atoms in total. The van der Waals surface area contributed by atoms with Gasteiger partial charge in [-0.2, -0.15) is 0 Å². The van der Waals surface area contributed by atoms with Crippen LogP contribution in [0.3, 0.4) is 0 Å². The van der Waals surface area contributed by atoms with E-state index in [1.54, 1.807) is 0 Å². The Morgan fingerprint density at radius 2 is 2.00 bits per heavy atom. The Kier molecular flexibility index (Phi) is 6.75. The molecule has 0 aliphatic rings. The molecular formula is C15H19F2NO4. The number of ether oxygens (including phenoxy) is 1. The largest absolute Gasteiger partial charge is 0.481 e. The van der Waals surface area contributed by atoms with Gasteiger partial charge in [-0.15, -0.1) is 0 Å². The fourth-order valence-electron chi connectivity index (χ4n) is 1.76. The van der Waals surface area contributed by atoms with E-state index in [-0.39, 0.29) is 5.75 Å². The first kappa shape index (κ1) is 17.9. The van der Waals surface area contributed by atoms with Crippen LogP contribution in [0.5, 0.6) is 5.75 Å². The number of benzene rings is 1. The highest BCUT2D eigenvalue weighted by atomic mass is 19.2. The molecule has 1 rings (SSSR count). The third-order valence-corrected chi connectivity index (χ3v) is 3.03. The highest BCUT2D eigenvalue weighted by Gasteiger charge is 2.23. The predicted molar refractivity (Wildman–Crippen MR) is 75.5 cm³/mol. The van der Waals surface area contributed by atoms with E-state index in [4.69, 9.17) is 9.84 Å². The highest BCUT2D eigenvalue weighted by Crippen LogP contribution is 2.17. The summed E-state index contributed by atoms with van der Waals surface area (Å²) in [6.45, 7) is 3.31. The van der Waals surface area contributed by atoms with Crippen molar-refractivity contribution in [1.29, 1.82) is 0 Å². The second kappa shape index (κ2) is 8.31. The minimum atomic E-state index is -1.12. The van der Waals surface area contributed by atoms with E-state index in [1.165, 1.54) is 13.0 Å². The van der Waals surface area contributed by atoms with Gasteiger partial charge in [0.2, 0.25) is 0 Å². The molecule has 1 amide bonds. The minimum Gasteiger partial charge on any atom is -0.481 e. The molecule has 0 aliphatic heterocycles. The number of unbranched alkanes of at least 4 members (excludes halogenated alkanes) is 1. The summed E-state index contributed by atoms with van der Waals surface area (Å²) in [7, 11) is 0. The van der Waals surface area contributed by atoms with Gasteiger partial charge < -0.3 is 15.2 Å². The van der Waals surface area contributed by atoms with E-state index in [1.807, 2.05) is 6.92 Å². The second-order valence-electron chi connectivity index (χ2n) is 4.88. The average molecular weight is 315 g/mol. The van der Waals surface area contributed by atoms with Gasteiger partial charge in [-0.05, 0) is 25.5 Å². The third-order valence-electron chi connectivity index (χ3n) is 3.03. The van der Waals surface area contributed by atoms with E-state index >= 15 is 0 Å². The molecule has 2 atom stereocenters. The number of hydrogen-bond donors (Lipinski definition) is 2. The van der Waals surface area contributed by atoms with Crippen LogP contribution in [0.2, 0.25) is 0 Å². The molecule has 0 radical (unpaired) electrons. The Morgan fingerprint density at radius 3 is 2.55 bits per heavy atom. The Morgan fingerprint density at radius 1 is 1.32 bits per heavy atom. The summed E-state index contributed by atoms with van der Waals surface area (Å²) in [6, 6.07) is 1.90. The molecule has 0 aromatic heterocycles. The molecule has 122 valence electrons. The summed E-state index contributed by atoms with van der Waals surface area (Å²) < 4.78 is 31.0. The fourth-order valence-corrected chi connectivity index (χ4v) is 1.76. The maximum atomic E-state index is 13.1. The molecule has 0 heterocycles. The van der Waals surface area contributed by atoms with Crippen molar-refractivity contribution in [2.45, 2.75) is 45.3 Å². The third kappa shape index (κ3) is 5.31. The summed E-state index contributed by atoms with van der Waals surface area (Å²) in [5, 5.41) is 11.4. The number of carbonyl (C=O) groups is 2. The van der Waals surface area contributed by atoms with Crippen molar-refractivity contribution < 1.29 is 28.2 Å². The van der Waals surface area contributed by atoms with Crippen LogP contribution in [0.4, 0.5) is 8.78 Å². The quantitative estimate of drug-likeness (QED) is 0.773. The van der Waals surface area contributed by atoms with Crippen molar-refractivity contribution in [2.75, 3.05) is 0 Å². The molecule has 22 heavy (non-hydrogen) atoms. The number of amides is 1. The van der Waals surface area contributed by atoms with Crippen LogP contribution < -0.4 is 10.1 Å². The van der Waals surface area contributed by atoms with Crippen molar-refractivity contribution in [3.8, 4) is 5.75 Å². The Bertz CT molecular complexity index is 536. The van der Waals surface area contributed by atoms with Crippen molar-refractivity contribution in [2.24, 2.45) is 0 Å². The molecular weight excluding hydrogens is 296 g/mol. The lowest BCUT2D eigenvalue weighted by Crippen LogP contribution is -2.46. The number of aliphatic carboxylic acids is 1. The number of carbonyl (C=O) groups excluding carboxylic acids is 1. The van der Waals surface area contributed by atoms with Crippen LogP contribution in [-0.2, 0) is 9.59 Å². The number of halogens is 2. The maximum absolute atomic E-state index is 13.1. The lowest BCUT2D eigenvalue weighted by molar-refractivity contribution is -0.143. The van der Waals surface area contributed by atoms with Gasteiger partial charge in [-0.25, -0.2) is 13.6 Å². The molecule has 7 heteroatoms. The molecule has 1 aromatic rings. The Balaban J connectivity index is 2.63. The molecule has 0 saturated heterocycles. The number of carboxylic acids is 1. The van der Waals surface area contributed by atoms with Crippen molar-refractivity contribution in [1.82, 2.24) is 5.32 Å². The number of hydrogen-bond acceptors (Lipinski definition) is 3. The van der Waals surface area contributed by atoms with Gasteiger partial charge >= 0.3 is 5.97 Å². The van der Waals surface area contributed by atoms with Crippen LogP contribution in [0, 0.1) is 11.6 Å². The first-order valence-corrected chi connectivity index (χ1v) is 7.00. The topological polar surface area (TPSA) is 75.6 Å². The normalized spacial score (nSPS) is 13.3.